The maximum absolute atomic E-state index is 10.9. The molecule has 16 heavy (non-hydrogen) atoms. The summed E-state index contributed by atoms with van der Waals surface area (Å²) in [7, 11) is 0. The van der Waals surface area contributed by atoms with Crippen molar-refractivity contribution in [3.05, 3.63) is 9.48 Å². The van der Waals surface area contributed by atoms with Crippen LogP contribution >= 0.6 is 27.3 Å². The highest BCUT2D eigenvalue weighted by Crippen LogP contribution is 2.31. The van der Waals surface area contributed by atoms with Crippen LogP contribution in [0.1, 0.15) is 35.4 Å². The number of halogens is 1. The van der Waals surface area contributed by atoms with Crippen molar-refractivity contribution in [1.82, 2.24) is 4.98 Å². The van der Waals surface area contributed by atoms with Crippen LogP contribution in [0.2, 0.25) is 0 Å². The molecule has 0 bridgehead atoms. The summed E-state index contributed by atoms with van der Waals surface area (Å²) in [5, 5.41) is 9.78. The van der Waals surface area contributed by atoms with E-state index in [1.807, 2.05) is 0 Å². The number of carboxylic acids is 1. The minimum atomic E-state index is -0.912. The van der Waals surface area contributed by atoms with Crippen molar-refractivity contribution in [1.29, 1.82) is 0 Å². The molecule has 6 heteroatoms. The summed E-state index contributed by atoms with van der Waals surface area (Å²) in [6.45, 7) is 1.97. The van der Waals surface area contributed by atoms with E-state index in [9.17, 15) is 4.79 Å². The van der Waals surface area contributed by atoms with Gasteiger partial charge in [0.25, 0.3) is 0 Å². The lowest BCUT2D eigenvalue weighted by Crippen LogP contribution is -2.23. The Bertz CT molecular complexity index is 386. The Morgan fingerprint density at radius 2 is 1.94 bits per heavy atom. The summed E-state index contributed by atoms with van der Waals surface area (Å²) in [6, 6.07) is 0. The molecule has 0 unspecified atom stereocenters. The normalized spacial score (nSPS) is 17.2. The van der Waals surface area contributed by atoms with E-state index in [0.717, 1.165) is 18.2 Å². The lowest BCUT2D eigenvalue weighted by Gasteiger charge is -2.18. The van der Waals surface area contributed by atoms with E-state index in [4.69, 9.17) is 5.11 Å². The van der Waals surface area contributed by atoms with E-state index in [1.54, 1.807) is 0 Å². The second-order valence-corrected chi connectivity index (χ2v) is 5.55. The zero-order chi connectivity index (χ0) is 11.5. The molecule has 1 aliphatic heterocycles. The molecule has 1 N–H and O–H groups in total. The van der Waals surface area contributed by atoms with Crippen molar-refractivity contribution in [2.45, 2.75) is 25.7 Å². The van der Waals surface area contributed by atoms with Crippen molar-refractivity contribution in [2.24, 2.45) is 0 Å². The van der Waals surface area contributed by atoms with Crippen molar-refractivity contribution in [2.75, 3.05) is 18.0 Å². The van der Waals surface area contributed by atoms with Crippen LogP contribution in [0, 0.1) is 0 Å². The molecule has 0 amide bonds. The number of thiazole rings is 1. The quantitative estimate of drug-likeness (QED) is 0.912. The van der Waals surface area contributed by atoms with Gasteiger partial charge in [0.05, 0.1) is 0 Å². The number of carboxylic acid groups (broad SMARTS) is 1. The van der Waals surface area contributed by atoms with Gasteiger partial charge in [-0.05, 0) is 28.8 Å². The van der Waals surface area contributed by atoms with E-state index in [-0.39, 0.29) is 0 Å². The Hall–Kier alpha value is -0.620. The summed E-state index contributed by atoms with van der Waals surface area (Å²) in [6.07, 6.45) is 4.85. The van der Waals surface area contributed by atoms with Crippen LogP contribution in [0.25, 0.3) is 0 Å². The molecule has 1 aromatic heterocycles. The van der Waals surface area contributed by atoms with Crippen molar-refractivity contribution < 1.29 is 9.90 Å². The average Bonchev–Trinajstić information content (AvgIpc) is 2.50. The molecule has 4 nitrogen and oxygen atoms in total. The van der Waals surface area contributed by atoms with Crippen LogP contribution in [0.4, 0.5) is 5.13 Å². The molecule has 0 radical (unpaired) electrons. The van der Waals surface area contributed by atoms with Gasteiger partial charge in [0, 0.05) is 13.1 Å². The van der Waals surface area contributed by atoms with Crippen LogP contribution in [-0.2, 0) is 0 Å². The van der Waals surface area contributed by atoms with Gasteiger partial charge < -0.3 is 10.0 Å². The number of hydrogen-bond donors (Lipinski definition) is 1. The van der Waals surface area contributed by atoms with Crippen LogP contribution in [0.5, 0.6) is 0 Å². The Morgan fingerprint density at radius 3 is 2.44 bits per heavy atom. The van der Waals surface area contributed by atoms with Gasteiger partial charge in [-0.2, -0.15) is 0 Å². The minimum absolute atomic E-state index is 0.291. The van der Waals surface area contributed by atoms with Crippen molar-refractivity contribution in [3.8, 4) is 0 Å². The largest absolute Gasteiger partial charge is 0.477 e. The first-order valence-corrected chi connectivity index (χ1v) is 6.94. The summed E-state index contributed by atoms with van der Waals surface area (Å²) in [5.74, 6) is -0.912. The second kappa shape index (κ2) is 5.14. The standard InChI is InChI=1S/C10H13BrN2O2S/c11-8-7(9(14)15)16-10(12-8)13-5-3-1-2-4-6-13/h1-6H2,(H,14,15). The molecule has 0 spiro atoms. The molecule has 88 valence electrons. The number of nitrogens with zero attached hydrogens (tertiary/aromatic N) is 2. The SMILES string of the molecule is O=C(O)c1sc(N2CCCCCC2)nc1Br. The highest BCUT2D eigenvalue weighted by atomic mass is 79.9. The fraction of sp³-hybridized carbons (Fsp3) is 0.600. The van der Waals surface area contributed by atoms with E-state index < -0.39 is 5.97 Å². The van der Waals surface area contributed by atoms with Gasteiger partial charge in [-0.15, -0.1) is 0 Å². The Morgan fingerprint density at radius 1 is 1.31 bits per heavy atom. The first kappa shape index (κ1) is 11.9. The third-order valence-corrected chi connectivity index (χ3v) is 4.59. The van der Waals surface area contributed by atoms with Gasteiger partial charge in [-0.3, -0.25) is 0 Å². The van der Waals surface area contributed by atoms with Gasteiger partial charge in [0.2, 0.25) is 0 Å². The summed E-state index contributed by atoms with van der Waals surface area (Å²) < 4.78 is 0.448. The van der Waals surface area contributed by atoms with Gasteiger partial charge >= 0.3 is 5.97 Å². The van der Waals surface area contributed by atoms with E-state index in [2.05, 4.69) is 25.8 Å². The van der Waals surface area contributed by atoms with E-state index >= 15 is 0 Å². The molecular weight excluding hydrogens is 292 g/mol. The second-order valence-electron chi connectivity index (χ2n) is 3.82. The smallest absolute Gasteiger partial charge is 0.348 e. The van der Waals surface area contributed by atoms with Crippen LogP contribution < -0.4 is 4.90 Å². The van der Waals surface area contributed by atoms with Crippen molar-refractivity contribution in [3.63, 3.8) is 0 Å². The fourth-order valence-corrected chi connectivity index (χ4v) is 3.37. The highest BCUT2D eigenvalue weighted by molar-refractivity contribution is 9.10. The maximum Gasteiger partial charge on any atom is 0.348 e. The van der Waals surface area contributed by atoms with Crippen molar-refractivity contribution >= 4 is 38.4 Å². The third-order valence-electron chi connectivity index (χ3n) is 2.65. The van der Waals surface area contributed by atoms with Crippen LogP contribution in [-0.4, -0.2) is 29.1 Å². The number of aromatic nitrogens is 1. The molecule has 1 aromatic rings. The molecule has 1 aliphatic rings. The first-order chi connectivity index (χ1) is 7.68. The van der Waals surface area contributed by atoms with Crippen LogP contribution in [0.15, 0.2) is 4.60 Å². The number of anilines is 1. The molecule has 0 aliphatic carbocycles. The van der Waals surface area contributed by atoms with Gasteiger partial charge in [-0.1, -0.05) is 24.2 Å². The number of hydrogen-bond acceptors (Lipinski definition) is 4. The molecule has 0 atom stereocenters. The Balaban J connectivity index is 2.19. The summed E-state index contributed by atoms with van der Waals surface area (Å²) in [4.78, 5) is 17.7. The zero-order valence-corrected chi connectivity index (χ0v) is 11.2. The third kappa shape index (κ3) is 2.55. The molecule has 2 heterocycles. The first-order valence-electron chi connectivity index (χ1n) is 5.33. The van der Waals surface area contributed by atoms with E-state index in [0.29, 0.717) is 9.48 Å². The lowest BCUT2D eigenvalue weighted by molar-refractivity contribution is 0.0701. The molecular formula is C10H13BrN2O2S. The topological polar surface area (TPSA) is 53.4 Å². The minimum Gasteiger partial charge on any atom is -0.477 e. The predicted molar refractivity (Wildman–Crippen MR) is 67.5 cm³/mol. The lowest BCUT2D eigenvalue weighted by atomic mass is 10.2. The van der Waals surface area contributed by atoms with E-state index in [1.165, 1.54) is 37.0 Å². The van der Waals surface area contributed by atoms with Gasteiger partial charge in [0.15, 0.2) is 5.13 Å². The van der Waals surface area contributed by atoms with Gasteiger partial charge in [-0.25, -0.2) is 9.78 Å². The molecule has 0 aromatic carbocycles. The molecule has 1 saturated heterocycles. The monoisotopic (exact) mass is 304 g/mol. The molecule has 0 saturated carbocycles. The average molecular weight is 305 g/mol. The summed E-state index contributed by atoms with van der Waals surface area (Å²) in [5.41, 5.74) is 0. The fourth-order valence-electron chi connectivity index (χ4n) is 1.82. The Labute approximate surface area is 106 Å². The van der Waals surface area contributed by atoms with Gasteiger partial charge in [0.1, 0.15) is 9.48 Å². The molecule has 1 fully saturated rings. The van der Waals surface area contributed by atoms with Crippen LogP contribution in [0.3, 0.4) is 0 Å². The maximum atomic E-state index is 10.9. The number of aromatic carboxylic acids is 1. The number of carbonyl (C=O) groups is 1. The predicted octanol–water partition coefficient (Wildman–Crippen LogP) is 2.98. The zero-order valence-electron chi connectivity index (χ0n) is 8.78. The number of rotatable bonds is 2. The molecule has 2 rings (SSSR count). The highest BCUT2D eigenvalue weighted by Gasteiger charge is 2.19. The summed E-state index contributed by atoms with van der Waals surface area (Å²) >= 11 is 4.45. The Kier molecular flexibility index (Phi) is 3.81.